The molecule has 112 valence electrons. The minimum absolute atomic E-state index is 0.319. The van der Waals surface area contributed by atoms with Crippen LogP contribution in [0.5, 0.6) is 0 Å². The van der Waals surface area contributed by atoms with Crippen molar-refractivity contribution < 1.29 is 18.1 Å². The number of halogens is 3. The van der Waals surface area contributed by atoms with Gasteiger partial charge in [-0.05, 0) is 32.9 Å². The highest BCUT2D eigenvalue weighted by Gasteiger charge is 2.22. The van der Waals surface area contributed by atoms with Crippen molar-refractivity contribution in [3.05, 3.63) is 51.4 Å². The third kappa shape index (κ3) is 2.90. The third-order valence-corrected chi connectivity index (χ3v) is 3.50. The molecule has 0 radical (unpaired) electrons. The number of rotatable bonds is 3. The second-order valence-corrected chi connectivity index (χ2v) is 5.03. The van der Waals surface area contributed by atoms with Gasteiger partial charge in [0.1, 0.15) is 16.6 Å². The van der Waals surface area contributed by atoms with E-state index in [4.69, 9.17) is 16.1 Å². The lowest BCUT2D eigenvalue weighted by molar-refractivity contribution is 0.0935. The Balaban J connectivity index is 2.25. The Kier molecular flexibility index (Phi) is 4.27. The average molecular weight is 315 g/mol. The van der Waals surface area contributed by atoms with Crippen LogP contribution < -0.4 is 5.32 Å². The number of benzene rings is 1. The maximum absolute atomic E-state index is 13.8. The van der Waals surface area contributed by atoms with E-state index in [9.17, 15) is 13.6 Å². The van der Waals surface area contributed by atoms with Crippen LogP contribution in [-0.2, 0) is 0 Å². The maximum Gasteiger partial charge on any atom is 0.254 e. The molecule has 1 amide bonds. The van der Waals surface area contributed by atoms with Crippen molar-refractivity contribution in [2.24, 2.45) is 0 Å². The smallest absolute Gasteiger partial charge is 0.254 e. The molecule has 1 aromatic carbocycles. The summed E-state index contributed by atoms with van der Waals surface area (Å²) in [5.74, 6) is -2.12. The molecule has 2 aromatic rings. The van der Waals surface area contributed by atoms with Gasteiger partial charge in [0.05, 0.1) is 17.3 Å². The zero-order chi connectivity index (χ0) is 15.7. The Morgan fingerprint density at radius 1 is 1.38 bits per heavy atom. The molecule has 0 saturated heterocycles. The van der Waals surface area contributed by atoms with Crippen molar-refractivity contribution in [1.29, 1.82) is 0 Å². The van der Waals surface area contributed by atoms with Gasteiger partial charge in [0.15, 0.2) is 5.82 Å². The van der Waals surface area contributed by atoms with Gasteiger partial charge >= 0.3 is 0 Å². The van der Waals surface area contributed by atoms with Gasteiger partial charge in [0.25, 0.3) is 5.91 Å². The number of hydrogen-bond donors (Lipinski definition) is 1. The molecule has 1 atom stereocenters. The summed E-state index contributed by atoms with van der Waals surface area (Å²) in [6, 6.07) is 1.55. The van der Waals surface area contributed by atoms with Gasteiger partial charge in [0.2, 0.25) is 0 Å². The van der Waals surface area contributed by atoms with E-state index in [1.54, 1.807) is 20.8 Å². The highest BCUT2D eigenvalue weighted by Crippen LogP contribution is 2.24. The van der Waals surface area contributed by atoms with E-state index in [0.29, 0.717) is 11.5 Å². The molecule has 1 N–H and O–H groups in total. The minimum atomic E-state index is -1.08. The van der Waals surface area contributed by atoms with Crippen LogP contribution in [0.4, 0.5) is 8.78 Å². The van der Waals surface area contributed by atoms with E-state index < -0.39 is 28.6 Å². The molecule has 1 aromatic heterocycles. The standard InChI is InChI=1S/C14H13ClF2N2O2/c1-6(11-7(2)19-21-8(11)3)18-14(20)9-4-5-10(16)12(15)13(9)17/h4-6H,1-3H3,(H,18,20)/t6-/m0/s1. The van der Waals surface area contributed by atoms with Crippen LogP contribution >= 0.6 is 11.6 Å². The van der Waals surface area contributed by atoms with Crippen LogP contribution in [0, 0.1) is 25.5 Å². The van der Waals surface area contributed by atoms with Gasteiger partial charge in [-0.3, -0.25) is 4.79 Å². The normalized spacial score (nSPS) is 12.3. The van der Waals surface area contributed by atoms with Crippen molar-refractivity contribution in [3.8, 4) is 0 Å². The fraction of sp³-hybridized carbons (Fsp3) is 0.286. The number of carbonyl (C=O) groups excluding carboxylic acids is 1. The molecule has 0 saturated carbocycles. The SMILES string of the molecule is Cc1noc(C)c1[C@H](C)NC(=O)c1ccc(F)c(Cl)c1F. The highest BCUT2D eigenvalue weighted by molar-refractivity contribution is 6.31. The summed E-state index contributed by atoms with van der Waals surface area (Å²) in [4.78, 5) is 12.1. The molecule has 21 heavy (non-hydrogen) atoms. The molecule has 0 spiro atoms. The second-order valence-electron chi connectivity index (χ2n) is 4.66. The summed E-state index contributed by atoms with van der Waals surface area (Å²) < 4.78 is 31.9. The quantitative estimate of drug-likeness (QED) is 0.879. The number of aryl methyl sites for hydroxylation is 2. The van der Waals surface area contributed by atoms with E-state index in [1.807, 2.05) is 0 Å². The lowest BCUT2D eigenvalue weighted by atomic mass is 10.1. The predicted molar refractivity (Wildman–Crippen MR) is 73.2 cm³/mol. The number of amides is 1. The number of aromatic nitrogens is 1. The first-order valence-corrected chi connectivity index (χ1v) is 6.57. The van der Waals surface area contributed by atoms with Crippen LogP contribution in [0.25, 0.3) is 0 Å². The van der Waals surface area contributed by atoms with Crippen LogP contribution in [0.15, 0.2) is 16.7 Å². The van der Waals surface area contributed by atoms with Gasteiger partial charge < -0.3 is 9.84 Å². The van der Waals surface area contributed by atoms with Gasteiger partial charge in [-0.25, -0.2) is 8.78 Å². The molecule has 0 aliphatic heterocycles. The van der Waals surface area contributed by atoms with Gasteiger partial charge in [-0.15, -0.1) is 0 Å². The molecule has 0 unspecified atom stereocenters. The number of nitrogens with zero attached hydrogens (tertiary/aromatic N) is 1. The molecule has 4 nitrogen and oxygen atoms in total. The zero-order valence-corrected chi connectivity index (χ0v) is 12.4. The Hall–Kier alpha value is -1.95. The number of nitrogens with one attached hydrogen (secondary N) is 1. The van der Waals surface area contributed by atoms with Crippen LogP contribution in [0.1, 0.15) is 40.3 Å². The Labute approximate surface area is 125 Å². The first-order chi connectivity index (χ1) is 9.82. The Bertz CT molecular complexity index is 681. The van der Waals surface area contributed by atoms with Crippen molar-refractivity contribution in [2.45, 2.75) is 26.8 Å². The third-order valence-electron chi connectivity index (χ3n) is 3.15. The summed E-state index contributed by atoms with van der Waals surface area (Å²) in [6.07, 6.45) is 0. The van der Waals surface area contributed by atoms with E-state index in [0.717, 1.165) is 17.7 Å². The largest absolute Gasteiger partial charge is 0.361 e. The summed E-state index contributed by atoms with van der Waals surface area (Å²) in [7, 11) is 0. The molecule has 0 bridgehead atoms. The molecule has 1 heterocycles. The lowest BCUT2D eigenvalue weighted by Crippen LogP contribution is -2.28. The van der Waals surface area contributed by atoms with Crippen molar-refractivity contribution in [1.82, 2.24) is 10.5 Å². The molecule has 2 rings (SSSR count). The molecule has 0 aliphatic carbocycles. The van der Waals surface area contributed by atoms with E-state index in [-0.39, 0.29) is 5.56 Å². The van der Waals surface area contributed by atoms with Gasteiger partial charge in [-0.2, -0.15) is 0 Å². The summed E-state index contributed by atoms with van der Waals surface area (Å²) in [5, 5.41) is 5.70. The zero-order valence-electron chi connectivity index (χ0n) is 11.6. The monoisotopic (exact) mass is 314 g/mol. The summed E-state index contributed by atoms with van der Waals surface area (Å²) in [5.41, 5.74) is 1.04. The van der Waals surface area contributed by atoms with E-state index in [1.165, 1.54) is 0 Å². The maximum atomic E-state index is 13.8. The Morgan fingerprint density at radius 2 is 2.05 bits per heavy atom. The minimum Gasteiger partial charge on any atom is -0.361 e. The predicted octanol–water partition coefficient (Wildman–Crippen LogP) is 3.71. The first kappa shape index (κ1) is 15.4. The number of hydrogen-bond acceptors (Lipinski definition) is 3. The highest BCUT2D eigenvalue weighted by atomic mass is 35.5. The van der Waals surface area contributed by atoms with Gasteiger partial charge in [-0.1, -0.05) is 16.8 Å². The molecule has 0 aliphatic rings. The van der Waals surface area contributed by atoms with Crippen LogP contribution in [0.2, 0.25) is 5.02 Å². The van der Waals surface area contributed by atoms with Crippen molar-refractivity contribution in [3.63, 3.8) is 0 Å². The Morgan fingerprint density at radius 3 is 2.62 bits per heavy atom. The van der Waals surface area contributed by atoms with Crippen molar-refractivity contribution >= 4 is 17.5 Å². The summed E-state index contributed by atoms with van der Waals surface area (Å²) in [6.45, 7) is 5.17. The van der Waals surface area contributed by atoms with Crippen molar-refractivity contribution in [2.75, 3.05) is 0 Å². The first-order valence-electron chi connectivity index (χ1n) is 6.20. The van der Waals surface area contributed by atoms with Crippen LogP contribution in [-0.4, -0.2) is 11.1 Å². The van der Waals surface area contributed by atoms with E-state index >= 15 is 0 Å². The molecule has 7 heteroatoms. The molecular formula is C14H13ClF2N2O2. The fourth-order valence-corrected chi connectivity index (χ4v) is 2.32. The van der Waals surface area contributed by atoms with Gasteiger partial charge in [0, 0.05) is 5.56 Å². The van der Waals surface area contributed by atoms with Crippen LogP contribution in [0.3, 0.4) is 0 Å². The number of carbonyl (C=O) groups is 1. The second kappa shape index (κ2) is 5.81. The topological polar surface area (TPSA) is 55.1 Å². The fourth-order valence-electron chi connectivity index (χ4n) is 2.16. The summed E-state index contributed by atoms with van der Waals surface area (Å²) >= 11 is 5.46. The molecule has 0 fully saturated rings. The average Bonchev–Trinajstić information content (AvgIpc) is 2.75. The lowest BCUT2D eigenvalue weighted by Gasteiger charge is -2.14. The molecular weight excluding hydrogens is 302 g/mol. The van der Waals surface area contributed by atoms with E-state index in [2.05, 4.69) is 10.5 Å².